The lowest BCUT2D eigenvalue weighted by Gasteiger charge is -2.08. The number of hydrogen-bond acceptors (Lipinski definition) is 6. The molecule has 0 bridgehead atoms. The molecule has 0 spiro atoms. The van der Waals surface area contributed by atoms with E-state index in [1.165, 1.54) is 26.5 Å². The van der Waals surface area contributed by atoms with Gasteiger partial charge in [-0.3, -0.25) is 15.1 Å². The van der Waals surface area contributed by atoms with Crippen molar-refractivity contribution >= 4 is 39.8 Å². The van der Waals surface area contributed by atoms with Gasteiger partial charge in [0.25, 0.3) is 0 Å². The summed E-state index contributed by atoms with van der Waals surface area (Å²) in [7, 11) is 3.02. The van der Waals surface area contributed by atoms with E-state index in [1.807, 2.05) is 0 Å². The zero-order valence-electron chi connectivity index (χ0n) is 11.2. The van der Waals surface area contributed by atoms with Crippen LogP contribution in [0.15, 0.2) is 29.3 Å². The molecule has 2 aromatic rings. The van der Waals surface area contributed by atoms with Crippen LogP contribution in [0.25, 0.3) is 0 Å². The van der Waals surface area contributed by atoms with E-state index in [4.69, 9.17) is 21.1 Å². The van der Waals surface area contributed by atoms with E-state index in [9.17, 15) is 10.1 Å². The van der Waals surface area contributed by atoms with Crippen molar-refractivity contribution in [1.29, 1.82) is 0 Å². The number of hydrogen-bond donors (Lipinski definition) is 0. The largest absolute Gasteiger partial charge is 0.495 e. The lowest BCUT2D eigenvalue weighted by Crippen LogP contribution is -1.88. The minimum atomic E-state index is -0.438. The Hall–Kier alpha value is -2.12. The number of rotatable bonds is 5. The molecule has 0 aliphatic carbocycles. The third-order valence-electron chi connectivity index (χ3n) is 2.58. The minimum Gasteiger partial charge on any atom is -0.495 e. The van der Waals surface area contributed by atoms with Crippen molar-refractivity contribution in [3.63, 3.8) is 0 Å². The van der Waals surface area contributed by atoms with Gasteiger partial charge in [-0.05, 0) is 12.1 Å². The smallest absolute Gasteiger partial charge is 0.324 e. The number of ether oxygens (including phenoxy) is 2. The molecule has 0 saturated carbocycles. The fourth-order valence-electron chi connectivity index (χ4n) is 1.59. The van der Waals surface area contributed by atoms with Crippen LogP contribution in [0.5, 0.6) is 11.5 Å². The van der Waals surface area contributed by atoms with E-state index in [1.54, 1.807) is 18.2 Å². The molecule has 0 aliphatic heterocycles. The molecule has 1 aromatic carbocycles. The second-order valence-corrected chi connectivity index (χ2v) is 5.35. The summed E-state index contributed by atoms with van der Waals surface area (Å²) in [4.78, 5) is 15.1. The molecule has 0 atom stereocenters. The number of halogens is 1. The summed E-state index contributed by atoms with van der Waals surface area (Å²) in [6.07, 6.45) is 1.53. The van der Waals surface area contributed by atoms with Crippen molar-refractivity contribution in [3.05, 3.63) is 44.3 Å². The van der Waals surface area contributed by atoms with Crippen LogP contribution < -0.4 is 9.47 Å². The quantitative estimate of drug-likeness (QED) is 0.471. The van der Waals surface area contributed by atoms with Gasteiger partial charge in [0.1, 0.15) is 17.2 Å². The third-order valence-corrected chi connectivity index (χ3v) is 3.84. The number of nitrogens with zero attached hydrogens (tertiary/aromatic N) is 2. The summed E-state index contributed by atoms with van der Waals surface area (Å²) in [6.45, 7) is 0. The molecule has 0 radical (unpaired) electrons. The number of aliphatic imine (C=N–C) groups is 1. The first-order chi connectivity index (χ1) is 10.0. The van der Waals surface area contributed by atoms with Gasteiger partial charge in [0, 0.05) is 18.3 Å². The first-order valence-corrected chi connectivity index (χ1v) is 6.94. The second-order valence-electron chi connectivity index (χ2n) is 3.85. The Morgan fingerprint density at radius 3 is 2.57 bits per heavy atom. The highest BCUT2D eigenvalue weighted by molar-refractivity contribution is 7.16. The Morgan fingerprint density at radius 2 is 2.00 bits per heavy atom. The van der Waals surface area contributed by atoms with E-state index in [-0.39, 0.29) is 5.00 Å². The zero-order valence-corrected chi connectivity index (χ0v) is 12.8. The monoisotopic (exact) mass is 326 g/mol. The lowest BCUT2D eigenvalue weighted by molar-refractivity contribution is -0.380. The molecule has 8 heteroatoms. The molecule has 0 N–H and O–H groups in total. The molecule has 0 saturated heterocycles. The van der Waals surface area contributed by atoms with E-state index in [0.717, 1.165) is 11.3 Å². The van der Waals surface area contributed by atoms with Crippen molar-refractivity contribution in [2.45, 2.75) is 0 Å². The van der Waals surface area contributed by atoms with Gasteiger partial charge in [-0.2, -0.15) is 0 Å². The molecule has 1 aromatic heterocycles. The SMILES string of the molecule is COc1cc(OC)c(N=Cc2ccc([N+](=O)[O-])s2)cc1Cl. The number of nitro groups is 1. The maximum absolute atomic E-state index is 10.6. The molecule has 6 nitrogen and oxygen atoms in total. The number of thiophene rings is 1. The number of methoxy groups -OCH3 is 2. The summed E-state index contributed by atoms with van der Waals surface area (Å²) in [5.41, 5.74) is 0.513. The molecular formula is C13H11ClN2O4S. The Morgan fingerprint density at radius 1 is 1.29 bits per heavy atom. The summed E-state index contributed by atoms with van der Waals surface area (Å²) < 4.78 is 10.3. The maximum Gasteiger partial charge on any atom is 0.324 e. The highest BCUT2D eigenvalue weighted by Gasteiger charge is 2.10. The second kappa shape index (κ2) is 6.55. The van der Waals surface area contributed by atoms with Crippen molar-refractivity contribution in [1.82, 2.24) is 0 Å². The van der Waals surface area contributed by atoms with E-state index >= 15 is 0 Å². The van der Waals surface area contributed by atoms with Crippen molar-refractivity contribution in [3.8, 4) is 11.5 Å². The van der Waals surface area contributed by atoms with Crippen molar-refractivity contribution < 1.29 is 14.4 Å². The maximum atomic E-state index is 10.6. The summed E-state index contributed by atoms with van der Waals surface area (Å²) in [5, 5.41) is 11.1. The minimum absolute atomic E-state index is 0.0659. The molecule has 21 heavy (non-hydrogen) atoms. The van der Waals surface area contributed by atoms with Gasteiger partial charge in [-0.25, -0.2) is 0 Å². The van der Waals surface area contributed by atoms with Crippen LogP contribution in [0.2, 0.25) is 5.02 Å². The average molecular weight is 327 g/mol. The first kappa shape index (κ1) is 15.3. The van der Waals surface area contributed by atoms with Gasteiger partial charge < -0.3 is 9.47 Å². The van der Waals surface area contributed by atoms with Gasteiger partial charge in [0.15, 0.2) is 0 Å². The van der Waals surface area contributed by atoms with Crippen LogP contribution in [-0.4, -0.2) is 25.4 Å². The van der Waals surface area contributed by atoms with Gasteiger partial charge in [-0.1, -0.05) is 22.9 Å². The predicted octanol–water partition coefficient (Wildman–Crippen LogP) is 4.08. The molecule has 2 rings (SSSR count). The van der Waals surface area contributed by atoms with Crippen LogP contribution in [-0.2, 0) is 0 Å². The van der Waals surface area contributed by atoms with Crippen LogP contribution in [0.1, 0.15) is 4.88 Å². The van der Waals surface area contributed by atoms with E-state index in [2.05, 4.69) is 4.99 Å². The Balaban J connectivity index is 2.31. The topological polar surface area (TPSA) is 74.0 Å². The van der Waals surface area contributed by atoms with Crippen LogP contribution in [0.3, 0.4) is 0 Å². The highest BCUT2D eigenvalue weighted by atomic mass is 35.5. The fraction of sp³-hybridized carbons (Fsp3) is 0.154. The molecule has 1 heterocycles. The zero-order chi connectivity index (χ0) is 15.4. The highest BCUT2D eigenvalue weighted by Crippen LogP contribution is 2.37. The molecule has 0 aliphatic rings. The van der Waals surface area contributed by atoms with Crippen LogP contribution in [0, 0.1) is 10.1 Å². The lowest BCUT2D eigenvalue weighted by atomic mass is 10.2. The summed E-state index contributed by atoms with van der Waals surface area (Å²) >= 11 is 7.08. The van der Waals surface area contributed by atoms with Crippen LogP contribution >= 0.6 is 22.9 Å². The predicted molar refractivity (Wildman–Crippen MR) is 82.8 cm³/mol. The summed E-state index contributed by atoms with van der Waals surface area (Å²) in [6, 6.07) is 6.30. The van der Waals surface area contributed by atoms with E-state index in [0.29, 0.717) is 27.1 Å². The Labute approximate surface area is 129 Å². The van der Waals surface area contributed by atoms with Gasteiger partial charge in [0.2, 0.25) is 0 Å². The molecule has 0 unspecified atom stereocenters. The summed E-state index contributed by atoms with van der Waals surface area (Å²) in [5.74, 6) is 0.984. The molecule has 110 valence electrons. The van der Waals surface area contributed by atoms with Gasteiger partial charge in [0.05, 0.1) is 29.0 Å². The molecule has 0 amide bonds. The Bertz CT molecular complexity index is 699. The molecule has 0 fully saturated rings. The third kappa shape index (κ3) is 3.50. The fourth-order valence-corrected chi connectivity index (χ4v) is 2.52. The van der Waals surface area contributed by atoms with Crippen molar-refractivity contribution in [2.24, 2.45) is 4.99 Å². The van der Waals surface area contributed by atoms with E-state index < -0.39 is 4.92 Å². The van der Waals surface area contributed by atoms with Gasteiger partial charge in [-0.15, -0.1) is 0 Å². The normalized spacial score (nSPS) is 10.8. The Kier molecular flexibility index (Phi) is 4.77. The van der Waals surface area contributed by atoms with Crippen molar-refractivity contribution in [2.75, 3.05) is 14.2 Å². The van der Waals surface area contributed by atoms with Crippen LogP contribution in [0.4, 0.5) is 10.7 Å². The average Bonchev–Trinajstić information content (AvgIpc) is 2.94. The standard InChI is InChI=1S/C13H11ClN2O4S/c1-19-11-6-12(20-2)10(5-9(11)14)15-7-8-3-4-13(21-8)16(17)18/h3-7H,1-2H3. The first-order valence-electron chi connectivity index (χ1n) is 5.75. The van der Waals surface area contributed by atoms with Gasteiger partial charge >= 0.3 is 5.00 Å². The molecular weight excluding hydrogens is 316 g/mol. The number of benzene rings is 1.